The second-order valence-electron chi connectivity index (χ2n) is 8.93. The van der Waals surface area contributed by atoms with Gasteiger partial charge in [-0.2, -0.15) is 5.10 Å². The summed E-state index contributed by atoms with van der Waals surface area (Å²) in [6, 6.07) is 5.53. The van der Waals surface area contributed by atoms with Crippen LogP contribution in [0.1, 0.15) is 53.0 Å². The van der Waals surface area contributed by atoms with Crippen molar-refractivity contribution in [1.29, 1.82) is 0 Å². The number of nitrogens with zero attached hydrogens (tertiary/aromatic N) is 4. The highest BCUT2D eigenvalue weighted by Gasteiger charge is 2.32. The van der Waals surface area contributed by atoms with E-state index >= 15 is 0 Å². The molecule has 1 aromatic carbocycles. The number of hydrogen-bond donors (Lipinski definition) is 1. The molecule has 0 atom stereocenters. The quantitative estimate of drug-likeness (QED) is 0.688. The number of rotatable bonds is 6. The first-order chi connectivity index (χ1) is 16.5. The van der Waals surface area contributed by atoms with Crippen molar-refractivity contribution in [1.82, 2.24) is 24.9 Å². The molecule has 5 rings (SSSR count). The van der Waals surface area contributed by atoms with Crippen LogP contribution >= 0.6 is 0 Å². The van der Waals surface area contributed by atoms with Crippen molar-refractivity contribution in [3.05, 3.63) is 40.7 Å². The minimum atomic E-state index is -0.185. The van der Waals surface area contributed by atoms with Crippen molar-refractivity contribution < 1.29 is 23.9 Å². The van der Waals surface area contributed by atoms with Crippen LogP contribution in [0, 0.1) is 0 Å². The van der Waals surface area contributed by atoms with Crippen LogP contribution in [-0.4, -0.2) is 63.7 Å². The molecule has 2 aromatic rings. The zero-order valence-corrected chi connectivity index (χ0v) is 19.3. The Morgan fingerprint density at radius 1 is 1.03 bits per heavy atom. The molecule has 3 amide bonds. The van der Waals surface area contributed by atoms with E-state index < -0.39 is 0 Å². The summed E-state index contributed by atoms with van der Waals surface area (Å²) in [6.07, 6.45) is 2.91. The lowest BCUT2D eigenvalue weighted by Crippen LogP contribution is -2.38. The van der Waals surface area contributed by atoms with Crippen LogP contribution in [0.2, 0.25) is 0 Å². The van der Waals surface area contributed by atoms with Gasteiger partial charge in [-0.3, -0.25) is 19.1 Å². The maximum absolute atomic E-state index is 13.0. The molecule has 4 heterocycles. The third kappa shape index (κ3) is 4.44. The Morgan fingerprint density at radius 2 is 1.82 bits per heavy atom. The number of likely N-dealkylation sites (tertiary alicyclic amines) is 1. The molecule has 0 bridgehead atoms. The highest BCUT2D eigenvalue weighted by atomic mass is 16.7. The van der Waals surface area contributed by atoms with Crippen molar-refractivity contribution >= 4 is 17.7 Å². The topological polar surface area (TPSA) is 106 Å². The van der Waals surface area contributed by atoms with Gasteiger partial charge in [-0.15, -0.1) is 0 Å². The van der Waals surface area contributed by atoms with E-state index in [1.54, 1.807) is 9.58 Å². The average Bonchev–Trinajstić information content (AvgIpc) is 3.60. The third-order valence-electron chi connectivity index (χ3n) is 6.68. The van der Waals surface area contributed by atoms with Crippen LogP contribution in [0.5, 0.6) is 11.5 Å². The number of amides is 3. The molecule has 3 aliphatic rings. The van der Waals surface area contributed by atoms with Crippen molar-refractivity contribution in [3.8, 4) is 11.5 Å². The van der Waals surface area contributed by atoms with Crippen LogP contribution in [0.3, 0.4) is 0 Å². The first kappa shape index (κ1) is 22.2. The van der Waals surface area contributed by atoms with E-state index in [2.05, 4.69) is 10.4 Å². The van der Waals surface area contributed by atoms with E-state index in [0.29, 0.717) is 43.2 Å². The van der Waals surface area contributed by atoms with Gasteiger partial charge in [0.05, 0.1) is 0 Å². The van der Waals surface area contributed by atoms with Gasteiger partial charge in [0.15, 0.2) is 17.2 Å². The summed E-state index contributed by atoms with van der Waals surface area (Å²) in [5, 5.41) is 7.34. The van der Waals surface area contributed by atoms with Gasteiger partial charge in [-0.05, 0) is 30.5 Å². The molecule has 0 unspecified atom stereocenters. The second-order valence-corrected chi connectivity index (χ2v) is 8.93. The molecule has 0 saturated carbocycles. The number of benzene rings is 1. The van der Waals surface area contributed by atoms with Crippen molar-refractivity contribution in [2.45, 2.75) is 45.2 Å². The summed E-state index contributed by atoms with van der Waals surface area (Å²) < 4.78 is 12.4. The number of aryl methyl sites for hydroxylation is 1. The van der Waals surface area contributed by atoms with Gasteiger partial charge in [0, 0.05) is 70.3 Å². The van der Waals surface area contributed by atoms with E-state index in [1.807, 2.05) is 30.1 Å². The molecule has 3 aliphatic heterocycles. The predicted octanol–water partition coefficient (Wildman–Crippen LogP) is 1.37. The Balaban J connectivity index is 1.14. The van der Waals surface area contributed by atoms with Crippen molar-refractivity contribution in [3.63, 3.8) is 0 Å². The largest absolute Gasteiger partial charge is 0.454 e. The fraction of sp³-hybridized carbons (Fsp3) is 0.500. The van der Waals surface area contributed by atoms with Crippen LogP contribution in [0.15, 0.2) is 18.2 Å². The second kappa shape index (κ2) is 9.36. The van der Waals surface area contributed by atoms with E-state index in [4.69, 9.17) is 9.47 Å². The Labute approximate surface area is 197 Å². The number of aromatic nitrogens is 2. The lowest BCUT2D eigenvalue weighted by Gasteiger charge is -2.28. The SMILES string of the molecule is Cn1nc(C(=O)N2CCCC2)c2c1CCN(C(=O)CCC(=O)NCc1ccc3c(c1)OCO3)C2. The molecular weight excluding hydrogens is 438 g/mol. The molecule has 10 nitrogen and oxygen atoms in total. The van der Waals surface area contributed by atoms with Crippen molar-refractivity contribution in [2.75, 3.05) is 26.4 Å². The van der Waals surface area contributed by atoms with Gasteiger partial charge >= 0.3 is 0 Å². The van der Waals surface area contributed by atoms with E-state index in [1.165, 1.54) is 0 Å². The summed E-state index contributed by atoms with van der Waals surface area (Å²) in [4.78, 5) is 41.7. The standard InChI is InChI=1S/C24H29N5O5/c1-27-18-8-11-29(14-17(18)23(26-27)24(32)28-9-2-3-10-28)22(31)7-6-21(30)25-13-16-4-5-19-20(12-16)34-15-33-19/h4-5,12H,2-3,6-11,13-15H2,1H3,(H,25,30). The number of ether oxygens (including phenoxy) is 2. The minimum absolute atomic E-state index is 0.0495. The smallest absolute Gasteiger partial charge is 0.274 e. The lowest BCUT2D eigenvalue weighted by molar-refractivity contribution is -0.134. The first-order valence-corrected chi connectivity index (χ1v) is 11.8. The highest BCUT2D eigenvalue weighted by Crippen LogP contribution is 2.32. The molecule has 1 N–H and O–H groups in total. The number of carbonyl (C=O) groups excluding carboxylic acids is 3. The summed E-state index contributed by atoms with van der Waals surface area (Å²) in [6.45, 7) is 2.99. The van der Waals surface area contributed by atoms with Gasteiger partial charge in [-0.25, -0.2) is 0 Å². The summed E-state index contributed by atoms with van der Waals surface area (Å²) in [5.41, 5.74) is 3.21. The molecule has 180 valence electrons. The Bertz CT molecular complexity index is 1120. The molecule has 0 aliphatic carbocycles. The van der Waals surface area contributed by atoms with Crippen LogP contribution in [-0.2, 0) is 36.1 Å². The molecule has 0 radical (unpaired) electrons. The van der Waals surface area contributed by atoms with Gasteiger partial charge < -0.3 is 24.6 Å². The van der Waals surface area contributed by atoms with E-state index in [9.17, 15) is 14.4 Å². The van der Waals surface area contributed by atoms with Crippen molar-refractivity contribution in [2.24, 2.45) is 7.05 Å². The molecule has 1 saturated heterocycles. The monoisotopic (exact) mass is 467 g/mol. The molecule has 1 aromatic heterocycles. The highest BCUT2D eigenvalue weighted by molar-refractivity contribution is 5.94. The Kier molecular flexibility index (Phi) is 6.12. The van der Waals surface area contributed by atoms with Gasteiger partial charge in [0.1, 0.15) is 0 Å². The van der Waals surface area contributed by atoms with E-state index in [-0.39, 0.29) is 37.4 Å². The first-order valence-electron chi connectivity index (χ1n) is 11.8. The van der Waals surface area contributed by atoms with Gasteiger partial charge in [0.25, 0.3) is 5.91 Å². The molecule has 34 heavy (non-hydrogen) atoms. The summed E-state index contributed by atoms with van der Waals surface area (Å²) in [7, 11) is 1.85. The van der Waals surface area contributed by atoms with Gasteiger partial charge in [-0.1, -0.05) is 6.07 Å². The zero-order chi connectivity index (χ0) is 23.7. The molecule has 10 heteroatoms. The predicted molar refractivity (Wildman–Crippen MR) is 121 cm³/mol. The molecular formula is C24H29N5O5. The summed E-state index contributed by atoms with van der Waals surface area (Å²) in [5.74, 6) is 1.04. The third-order valence-corrected chi connectivity index (χ3v) is 6.68. The Morgan fingerprint density at radius 3 is 2.65 bits per heavy atom. The normalized spacial score (nSPS) is 16.5. The summed E-state index contributed by atoms with van der Waals surface area (Å²) >= 11 is 0. The number of carbonyl (C=O) groups is 3. The zero-order valence-electron chi connectivity index (χ0n) is 19.3. The fourth-order valence-corrected chi connectivity index (χ4v) is 4.77. The minimum Gasteiger partial charge on any atom is -0.454 e. The van der Waals surface area contributed by atoms with E-state index in [0.717, 1.165) is 42.8 Å². The average molecular weight is 468 g/mol. The van der Waals surface area contributed by atoms with Crippen LogP contribution in [0.4, 0.5) is 0 Å². The number of fused-ring (bicyclic) bond motifs is 2. The number of hydrogen-bond acceptors (Lipinski definition) is 6. The lowest BCUT2D eigenvalue weighted by atomic mass is 10.0. The maximum Gasteiger partial charge on any atom is 0.274 e. The van der Waals surface area contributed by atoms with Crippen LogP contribution in [0.25, 0.3) is 0 Å². The Hall–Kier alpha value is -3.56. The van der Waals surface area contributed by atoms with Crippen LogP contribution < -0.4 is 14.8 Å². The maximum atomic E-state index is 13.0. The number of nitrogens with one attached hydrogen (secondary N) is 1. The fourth-order valence-electron chi connectivity index (χ4n) is 4.77. The van der Waals surface area contributed by atoms with Gasteiger partial charge in [0.2, 0.25) is 18.6 Å². The molecule has 1 fully saturated rings. The molecule has 0 spiro atoms.